The molecule has 12 heteroatoms. The van der Waals surface area contributed by atoms with E-state index >= 15 is 0 Å². The molecule has 1 amide bonds. The third-order valence-corrected chi connectivity index (χ3v) is 11.1. The number of ether oxygens (including phenoxy) is 1. The number of carbonyl (C=O) groups is 1. The number of rotatable bonds is 6. The van der Waals surface area contributed by atoms with Gasteiger partial charge in [0.15, 0.2) is 5.65 Å². The van der Waals surface area contributed by atoms with Crippen LogP contribution in [0, 0.1) is 6.92 Å². The standard InChI is InChI=1S/C28H36N4O6S2/c1-19-7-13-22(14-8-19)40(36,37)32-18-25(24-6-5-15-29-26(24)32)20-9-11-21(12-10-20)30-39(34,35)23-16-31(17-23)27(33)38-28(2,3)4/h5-8,13-15,18,20-21,23,30H,9-12,16-17H2,1-4H3. The second-order valence-electron chi connectivity index (χ2n) is 11.8. The monoisotopic (exact) mass is 588 g/mol. The van der Waals surface area contributed by atoms with Crippen molar-refractivity contribution in [2.24, 2.45) is 0 Å². The summed E-state index contributed by atoms with van der Waals surface area (Å²) < 4.78 is 62.4. The Hall–Kier alpha value is -2.96. The molecule has 2 aromatic heterocycles. The summed E-state index contributed by atoms with van der Waals surface area (Å²) in [4.78, 5) is 18.2. The Labute approximate surface area is 235 Å². The summed E-state index contributed by atoms with van der Waals surface area (Å²) in [5.41, 5.74) is 1.64. The lowest BCUT2D eigenvalue weighted by Gasteiger charge is -2.40. The van der Waals surface area contributed by atoms with E-state index < -0.39 is 37.0 Å². The second kappa shape index (κ2) is 10.5. The first-order valence-electron chi connectivity index (χ1n) is 13.5. The first kappa shape index (κ1) is 28.6. The van der Waals surface area contributed by atoms with E-state index in [9.17, 15) is 21.6 Å². The Bertz CT molecular complexity index is 1610. The molecule has 0 radical (unpaired) electrons. The zero-order valence-corrected chi connectivity index (χ0v) is 24.8. The highest BCUT2D eigenvalue weighted by Crippen LogP contribution is 2.38. The molecule has 1 N–H and O–H groups in total. The van der Waals surface area contributed by atoms with Crippen LogP contribution in [-0.4, -0.2) is 66.8 Å². The fourth-order valence-electron chi connectivity index (χ4n) is 5.35. The van der Waals surface area contributed by atoms with Gasteiger partial charge in [-0.05, 0) is 89.1 Å². The molecule has 1 saturated heterocycles. The Balaban J connectivity index is 1.25. The Morgan fingerprint density at radius 2 is 1.65 bits per heavy atom. The lowest BCUT2D eigenvalue weighted by atomic mass is 9.82. The van der Waals surface area contributed by atoms with Crippen LogP contribution in [0.1, 0.15) is 63.5 Å². The van der Waals surface area contributed by atoms with Gasteiger partial charge in [-0.3, -0.25) is 0 Å². The Kier molecular flexibility index (Phi) is 7.47. The van der Waals surface area contributed by atoms with Crippen LogP contribution in [0.15, 0.2) is 53.7 Å². The van der Waals surface area contributed by atoms with Crippen molar-refractivity contribution in [3.8, 4) is 0 Å². The van der Waals surface area contributed by atoms with E-state index in [2.05, 4.69) is 9.71 Å². The summed E-state index contributed by atoms with van der Waals surface area (Å²) in [6, 6.07) is 10.2. The summed E-state index contributed by atoms with van der Waals surface area (Å²) in [7, 11) is -7.43. The van der Waals surface area contributed by atoms with Gasteiger partial charge in [0.05, 0.1) is 4.90 Å². The van der Waals surface area contributed by atoms with E-state index in [0.717, 1.165) is 16.5 Å². The maximum Gasteiger partial charge on any atom is 0.410 e. The van der Waals surface area contributed by atoms with E-state index in [1.807, 2.05) is 13.0 Å². The molecule has 3 aromatic rings. The minimum atomic E-state index is -3.84. The summed E-state index contributed by atoms with van der Waals surface area (Å²) >= 11 is 0. The van der Waals surface area contributed by atoms with Crippen LogP contribution in [-0.2, 0) is 24.8 Å². The molecule has 10 nitrogen and oxygen atoms in total. The van der Waals surface area contributed by atoms with Crippen LogP contribution < -0.4 is 4.72 Å². The van der Waals surface area contributed by atoms with Crippen LogP contribution in [0.4, 0.5) is 4.79 Å². The predicted octanol–water partition coefficient (Wildman–Crippen LogP) is 4.15. The van der Waals surface area contributed by atoms with Crippen molar-refractivity contribution in [2.75, 3.05) is 13.1 Å². The van der Waals surface area contributed by atoms with Gasteiger partial charge in [-0.25, -0.2) is 35.3 Å². The van der Waals surface area contributed by atoms with Crippen LogP contribution >= 0.6 is 0 Å². The van der Waals surface area contributed by atoms with Gasteiger partial charge >= 0.3 is 6.09 Å². The molecule has 2 aliphatic rings. The number of carbonyl (C=O) groups excluding carboxylic acids is 1. The molecule has 1 saturated carbocycles. The minimum Gasteiger partial charge on any atom is -0.444 e. The summed E-state index contributed by atoms with van der Waals surface area (Å²) in [6.45, 7) is 7.45. The van der Waals surface area contributed by atoms with Crippen molar-refractivity contribution in [1.82, 2.24) is 18.6 Å². The molecule has 3 heterocycles. The molecule has 1 aromatic carbocycles. The molecule has 1 aliphatic carbocycles. The van der Waals surface area contributed by atoms with Gasteiger partial charge in [0.1, 0.15) is 10.9 Å². The third-order valence-electron chi connectivity index (χ3n) is 7.58. The number of aryl methyl sites for hydroxylation is 1. The van der Waals surface area contributed by atoms with E-state index in [-0.39, 0.29) is 29.9 Å². The number of hydrogen-bond acceptors (Lipinski definition) is 7. The maximum atomic E-state index is 13.5. The fourth-order valence-corrected chi connectivity index (χ4v) is 8.33. The van der Waals surface area contributed by atoms with E-state index in [1.165, 1.54) is 8.87 Å². The highest BCUT2D eigenvalue weighted by molar-refractivity contribution is 7.90. The number of hydrogen-bond donors (Lipinski definition) is 1. The van der Waals surface area contributed by atoms with Crippen molar-refractivity contribution in [3.05, 3.63) is 59.9 Å². The third kappa shape index (κ3) is 5.75. The van der Waals surface area contributed by atoms with Crippen molar-refractivity contribution in [3.63, 3.8) is 0 Å². The Morgan fingerprint density at radius 3 is 2.27 bits per heavy atom. The van der Waals surface area contributed by atoms with Gasteiger partial charge in [-0.15, -0.1) is 0 Å². The van der Waals surface area contributed by atoms with Crippen molar-refractivity contribution in [2.45, 2.75) is 81.1 Å². The quantitative estimate of drug-likeness (QED) is 0.458. The van der Waals surface area contributed by atoms with Gasteiger partial charge in [0, 0.05) is 36.9 Å². The highest BCUT2D eigenvalue weighted by Gasteiger charge is 2.42. The highest BCUT2D eigenvalue weighted by atomic mass is 32.2. The number of fused-ring (bicyclic) bond motifs is 1. The lowest BCUT2D eigenvalue weighted by molar-refractivity contribution is 0.0138. The number of aromatic nitrogens is 2. The first-order chi connectivity index (χ1) is 18.7. The molecule has 5 rings (SSSR count). The van der Waals surface area contributed by atoms with Gasteiger partial charge in [-0.1, -0.05) is 17.7 Å². The van der Waals surface area contributed by atoms with Crippen LogP contribution in [0.3, 0.4) is 0 Å². The molecule has 40 heavy (non-hydrogen) atoms. The topological polar surface area (TPSA) is 128 Å². The molecular formula is C28H36N4O6S2. The van der Waals surface area contributed by atoms with E-state index in [0.29, 0.717) is 31.3 Å². The smallest absolute Gasteiger partial charge is 0.410 e. The number of pyridine rings is 1. The Morgan fingerprint density at radius 1 is 1.00 bits per heavy atom. The fraction of sp³-hybridized carbons (Fsp3) is 0.500. The molecule has 0 unspecified atom stereocenters. The van der Waals surface area contributed by atoms with Crippen molar-refractivity contribution < 1.29 is 26.4 Å². The van der Waals surface area contributed by atoms with Gasteiger partial charge < -0.3 is 9.64 Å². The number of likely N-dealkylation sites (tertiary alicyclic amines) is 1. The zero-order chi connectivity index (χ0) is 28.9. The SMILES string of the molecule is Cc1ccc(S(=O)(=O)n2cc(C3CCC(NS(=O)(=O)C4CN(C(=O)OC(C)(C)C)C4)CC3)c3cccnc32)cc1. The van der Waals surface area contributed by atoms with E-state index in [4.69, 9.17) is 4.74 Å². The maximum absolute atomic E-state index is 13.5. The lowest BCUT2D eigenvalue weighted by Crippen LogP contribution is -2.61. The first-order valence-corrected chi connectivity index (χ1v) is 16.5. The summed E-state index contributed by atoms with van der Waals surface area (Å²) in [6.07, 6.45) is 5.44. The number of nitrogens with zero attached hydrogens (tertiary/aromatic N) is 3. The molecule has 0 spiro atoms. The van der Waals surface area contributed by atoms with Crippen molar-refractivity contribution >= 4 is 37.2 Å². The molecule has 0 bridgehead atoms. The average molecular weight is 589 g/mol. The second-order valence-corrected chi connectivity index (χ2v) is 15.6. The van der Waals surface area contributed by atoms with Gasteiger partial charge in [-0.2, -0.15) is 0 Å². The molecular weight excluding hydrogens is 552 g/mol. The summed E-state index contributed by atoms with van der Waals surface area (Å²) in [5, 5.41) is 0.132. The average Bonchev–Trinajstić information content (AvgIpc) is 3.23. The normalized spacial score (nSPS) is 20.9. The van der Waals surface area contributed by atoms with Gasteiger partial charge in [0.25, 0.3) is 10.0 Å². The largest absolute Gasteiger partial charge is 0.444 e. The number of sulfonamides is 1. The summed E-state index contributed by atoms with van der Waals surface area (Å²) in [5.74, 6) is 0.0771. The molecule has 0 atom stereocenters. The number of benzene rings is 1. The van der Waals surface area contributed by atoms with Crippen LogP contribution in [0.25, 0.3) is 11.0 Å². The number of nitrogens with one attached hydrogen (secondary N) is 1. The van der Waals surface area contributed by atoms with Crippen LogP contribution in [0.5, 0.6) is 0 Å². The minimum absolute atomic E-state index is 0.0771. The van der Waals surface area contributed by atoms with E-state index in [1.54, 1.807) is 63.5 Å². The molecule has 2 fully saturated rings. The molecule has 1 aliphatic heterocycles. The van der Waals surface area contributed by atoms with Crippen LogP contribution in [0.2, 0.25) is 0 Å². The molecule has 216 valence electrons. The predicted molar refractivity (Wildman–Crippen MR) is 152 cm³/mol. The number of amides is 1. The van der Waals surface area contributed by atoms with Crippen molar-refractivity contribution in [1.29, 1.82) is 0 Å². The van der Waals surface area contributed by atoms with Gasteiger partial charge in [0.2, 0.25) is 10.0 Å². The zero-order valence-electron chi connectivity index (χ0n) is 23.2.